The summed E-state index contributed by atoms with van der Waals surface area (Å²) in [6.07, 6.45) is 6.08. The molecule has 0 bridgehead atoms. The van der Waals surface area contributed by atoms with Crippen molar-refractivity contribution in [3.63, 3.8) is 0 Å². The summed E-state index contributed by atoms with van der Waals surface area (Å²) >= 11 is 2.24. The van der Waals surface area contributed by atoms with Crippen LogP contribution in [0.5, 0.6) is 0 Å². The molecule has 2 heterocycles. The fourth-order valence-electron chi connectivity index (χ4n) is 2.29. The van der Waals surface area contributed by atoms with Gasteiger partial charge in [-0.25, -0.2) is 15.0 Å². The van der Waals surface area contributed by atoms with E-state index in [4.69, 9.17) is 10.7 Å². The largest absolute Gasteiger partial charge is 0.397 e. The quantitative estimate of drug-likeness (QED) is 0.529. The van der Waals surface area contributed by atoms with E-state index in [1.54, 1.807) is 12.5 Å². The molecular formula is C15H17IN6. The lowest BCUT2D eigenvalue weighted by molar-refractivity contribution is 0.412. The third-order valence-electron chi connectivity index (χ3n) is 3.45. The topological polar surface area (TPSA) is 72.9 Å². The van der Waals surface area contributed by atoms with E-state index in [2.05, 4.69) is 37.5 Å². The van der Waals surface area contributed by atoms with Crippen LogP contribution >= 0.6 is 22.6 Å². The lowest BCUT2D eigenvalue weighted by Crippen LogP contribution is -2.17. The van der Waals surface area contributed by atoms with Gasteiger partial charge in [-0.1, -0.05) is 0 Å². The second-order valence-corrected chi connectivity index (χ2v) is 6.51. The van der Waals surface area contributed by atoms with E-state index in [-0.39, 0.29) is 0 Å². The first kappa shape index (κ1) is 15.2. The first-order valence-corrected chi connectivity index (χ1v) is 8.02. The first-order chi connectivity index (χ1) is 10.6. The van der Waals surface area contributed by atoms with E-state index < -0.39 is 0 Å². The van der Waals surface area contributed by atoms with Gasteiger partial charge in [-0.15, -0.1) is 0 Å². The van der Waals surface area contributed by atoms with Gasteiger partial charge in [-0.2, -0.15) is 0 Å². The molecule has 2 aromatic heterocycles. The molecule has 6 nitrogen and oxygen atoms in total. The van der Waals surface area contributed by atoms with Crippen molar-refractivity contribution in [2.75, 3.05) is 26.4 Å². The number of anilines is 1. The minimum atomic E-state index is 0.624. The predicted octanol–water partition coefficient (Wildman–Crippen LogP) is 2.11. The van der Waals surface area contributed by atoms with Crippen LogP contribution in [-0.4, -0.2) is 45.1 Å². The van der Waals surface area contributed by atoms with E-state index in [1.807, 2.05) is 37.0 Å². The molecule has 3 rings (SSSR count). The summed E-state index contributed by atoms with van der Waals surface area (Å²) in [5.74, 6) is 0.624. The second kappa shape index (κ2) is 6.17. The highest BCUT2D eigenvalue weighted by molar-refractivity contribution is 14.1. The molecule has 0 fully saturated rings. The van der Waals surface area contributed by atoms with Crippen molar-refractivity contribution in [3.8, 4) is 5.95 Å². The number of nitrogens with two attached hydrogens (primary N) is 1. The predicted molar refractivity (Wildman–Crippen MR) is 96.0 cm³/mol. The summed E-state index contributed by atoms with van der Waals surface area (Å²) in [7, 11) is 4.10. The Balaban J connectivity index is 2.20. The van der Waals surface area contributed by atoms with E-state index in [0.717, 1.165) is 38.8 Å². The molecule has 0 saturated carbocycles. The van der Waals surface area contributed by atoms with Crippen LogP contribution < -0.4 is 5.73 Å². The molecule has 0 amide bonds. The van der Waals surface area contributed by atoms with Crippen molar-refractivity contribution in [2.45, 2.75) is 6.42 Å². The Labute approximate surface area is 142 Å². The number of hydrogen-bond acceptors (Lipinski definition) is 5. The van der Waals surface area contributed by atoms with Gasteiger partial charge >= 0.3 is 0 Å². The average Bonchev–Trinajstić information content (AvgIpc) is 3.02. The average molecular weight is 408 g/mol. The van der Waals surface area contributed by atoms with Crippen molar-refractivity contribution in [1.82, 2.24) is 24.4 Å². The van der Waals surface area contributed by atoms with Gasteiger partial charge in [-0.05, 0) is 48.8 Å². The van der Waals surface area contributed by atoms with Crippen LogP contribution in [0.3, 0.4) is 0 Å². The van der Waals surface area contributed by atoms with Crippen LogP contribution in [0.4, 0.5) is 5.69 Å². The Morgan fingerprint density at radius 2 is 2.09 bits per heavy atom. The Bertz CT molecular complexity index is 797. The Morgan fingerprint density at radius 3 is 2.77 bits per heavy atom. The Morgan fingerprint density at radius 1 is 1.27 bits per heavy atom. The molecule has 1 aromatic carbocycles. The third kappa shape index (κ3) is 2.91. The SMILES string of the molecule is CN(C)CCc1nc(-n2ccnc2)nc2ccc(I)c(N)c12. The van der Waals surface area contributed by atoms with E-state index in [0.29, 0.717) is 5.95 Å². The Hall–Kier alpha value is -1.74. The van der Waals surface area contributed by atoms with Crippen LogP contribution in [0.15, 0.2) is 30.9 Å². The summed E-state index contributed by atoms with van der Waals surface area (Å²) in [5, 5.41) is 0.956. The molecule has 0 aliphatic heterocycles. The van der Waals surface area contributed by atoms with Crippen molar-refractivity contribution in [2.24, 2.45) is 0 Å². The molecule has 0 unspecified atom stereocenters. The molecule has 3 aromatic rings. The maximum Gasteiger partial charge on any atom is 0.235 e. The number of aromatic nitrogens is 4. The maximum absolute atomic E-state index is 6.27. The summed E-state index contributed by atoms with van der Waals surface area (Å²) in [6, 6.07) is 3.98. The zero-order chi connectivity index (χ0) is 15.7. The number of fused-ring (bicyclic) bond motifs is 1. The summed E-state index contributed by atoms with van der Waals surface area (Å²) < 4.78 is 2.84. The van der Waals surface area contributed by atoms with Crippen LogP contribution in [0.25, 0.3) is 16.9 Å². The summed E-state index contributed by atoms with van der Waals surface area (Å²) in [6.45, 7) is 0.903. The minimum Gasteiger partial charge on any atom is -0.397 e. The summed E-state index contributed by atoms with van der Waals surface area (Å²) in [4.78, 5) is 15.5. The van der Waals surface area contributed by atoms with Crippen LogP contribution in [0.1, 0.15) is 5.69 Å². The lowest BCUT2D eigenvalue weighted by Gasteiger charge is -2.14. The molecule has 0 spiro atoms. The van der Waals surface area contributed by atoms with Crippen LogP contribution in [0, 0.1) is 3.57 Å². The molecule has 2 N–H and O–H groups in total. The normalized spacial score (nSPS) is 11.5. The number of likely N-dealkylation sites (N-methyl/N-ethyl adjacent to an activating group) is 1. The molecule has 0 saturated heterocycles. The van der Waals surface area contributed by atoms with E-state index >= 15 is 0 Å². The number of hydrogen-bond donors (Lipinski definition) is 1. The standard InChI is InChI=1S/C15H17IN6/c1-21(2)7-5-12-13-11(4-3-10(16)14(13)17)19-15(20-12)22-8-6-18-9-22/h3-4,6,8-9H,5,7,17H2,1-2H3. The van der Waals surface area contributed by atoms with Crippen molar-refractivity contribution >= 4 is 39.2 Å². The molecule has 22 heavy (non-hydrogen) atoms. The number of benzene rings is 1. The van der Waals surface area contributed by atoms with Crippen LogP contribution in [-0.2, 0) is 6.42 Å². The zero-order valence-electron chi connectivity index (χ0n) is 12.5. The highest BCUT2D eigenvalue weighted by Gasteiger charge is 2.13. The zero-order valence-corrected chi connectivity index (χ0v) is 14.6. The van der Waals surface area contributed by atoms with Gasteiger partial charge in [0.05, 0.1) is 16.9 Å². The monoisotopic (exact) mass is 408 g/mol. The van der Waals surface area contributed by atoms with Gasteiger partial charge in [0, 0.05) is 34.3 Å². The van der Waals surface area contributed by atoms with Gasteiger partial charge in [0.25, 0.3) is 0 Å². The van der Waals surface area contributed by atoms with Gasteiger partial charge in [-0.3, -0.25) is 4.57 Å². The number of rotatable bonds is 4. The number of nitrogen functional groups attached to an aromatic ring is 1. The number of imidazole rings is 1. The van der Waals surface area contributed by atoms with Gasteiger partial charge in [0.2, 0.25) is 5.95 Å². The van der Waals surface area contributed by atoms with Gasteiger partial charge in [0.15, 0.2) is 0 Å². The maximum atomic E-state index is 6.27. The molecule has 0 radical (unpaired) electrons. The van der Waals surface area contributed by atoms with Gasteiger partial charge < -0.3 is 10.6 Å². The van der Waals surface area contributed by atoms with Gasteiger partial charge in [0.1, 0.15) is 6.33 Å². The Kier molecular flexibility index (Phi) is 4.25. The lowest BCUT2D eigenvalue weighted by atomic mass is 10.1. The van der Waals surface area contributed by atoms with Crippen LogP contribution in [0.2, 0.25) is 0 Å². The molecule has 0 aliphatic rings. The first-order valence-electron chi connectivity index (χ1n) is 6.94. The van der Waals surface area contributed by atoms with Crippen molar-refractivity contribution in [1.29, 1.82) is 0 Å². The smallest absolute Gasteiger partial charge is 0.235 e. The summed E-state index contributed by atoms with van der Waals surface area (Å²) in [5.41, 5.74) is 8.86. The molecule has 0 atom stereocenters. The van der Waals surface area contributed by atoms with Crippen molar-refractivity contribution in [3.05, 3.63) is 40.1 Å². The van der Waals surface area contributed by atoms with E-state index in [9.17, 15) is 0 Å². The van der Waals surface area contributed by atoms with Crippen molar-refractivity contribution < 1.29 is 0 Å². The fraction of sp³-hybridized carbons (Fsp3) is 0.267. The fourth-order valence-corrected chi connectivity index (χ4v) is 2.74. The molecular weight excluding hydrogens is 391 g/mol. The molecule has 114 valence electrons. The number of nitrogens with zero attached hydrogens (tertiary/aromatic N) is 5. The molecule has 7 heteroatoms. The van der Waals surface area contributed by atoms with E-state index in [1.165, 1.54) is 0 Å². The second-order valence-electron chi connectivity index (χ2n) is 5.35. The molecule has 0 aliphatic carbocycles. The number of halogens is 1. The highest BCUT2D eigenvalue weighted by atomic mass is 127. The third-order valence-corrected chi connectivity index (χ3v) is 4.39. The highest BCUT2D eigenvalue weighted by Crippen LogP contribution is 2.28. The minimum absolute atomic E-state index is 0.624.